The van der Waals surface area contributed by atoms with Crippen LogP contribution in [0.4, 0.5) is 10.5 Å². The summed E-state index contributed by atoms with van der Waals surface area (Å²) in [6, 6.07) is 27.0. The van der Waals surface area contributed by atoms with Crippen molar-refractivity contribution in [1.29, 1.82) is 0 Å². The molecule has 0 bridgehead atoms. The van der Waals surface area contributed by atoms with Crippen molar-refractivity contribution in [3.05, 3.63) is 96.1 Å². The summed E-state index contributed by atoms with van der Waals surface area (Å²) in [5.41, 5.74) is 7.11. The van der Waals surface area contributed by atoms with Gasteiger partial charge in [0.2, 0.25) is 0 Å². The minimum Gasteiger partial charge on any atom is -0.451 e. The van der Waals surface area contributed by atoms with Gasteiger partial charge in [-0.25, -0.2) is 9.78 Å². The Morgan fingerprint density at radius 2 is 1.54 bits per heavy atom. The van der Waals surface area contributed by atoms with Crippen molar-refractivity contribution >= 4 is 28.6 Å². The van der Waals surface area contributed by atoms with E-state index in [1.807, 2.05) is 60.7 Å². The van der Waals surface area contributed by atoms with Gasteiger partial charge in [0.15, 0.2) is 0 Å². The summed E-state index contributed by atoms with van der Waals surface area (Å²) >= 11 is 0. The summed E-state index contributed by atoms with van der Waals surface area (Å²) in [5, 5.41) is 1.88. The molecule has 3 aromatic carbocycles. The molecule has 0 unspecified atom stereocenters. The predicted octanol–water partition coefficient (Wildman–Crippen LogP) is 6.58. The van der Waals surface area contributed by atoms with Crippen molar-refractivity contribution in [2.45, 2.75) is 44.7 Å². The second-order valence-electron chi connectivity index (χ2n) is 9.99. The van der Waals surface area contributed by atoms with Crippen molar-refractivity contribution in [3.8, 4) is 11.3 Å². The van der Waals surface area contributed by atoms with Crippen LogP contribution in [0.3, 0.4) is 0 Å². The lowest BCUT2D eigenvalue weighted by atomic mass is 9.92. The number of anilines is 1. The quantitative estimate of drug-likeness (QED) is 0.289. The molecule has 1 aromatic heterocycles. The number of ether oxygens (including phenoxy) is 1. The molecule has 0 aliphatic heterocycles. The molecule has 1 N–H and O–H groups in total. The number of fused-ring (bicyclic) bond motifs is 1. The second-order valence-corrected chi connectivity index (χ2v) is 9.99. The van der Waals surface area contributed by atoms with Gasteiger partial charge in [-0.05, 0) is 38.1 Å². The van der Waals surface area contributed by atoms with Gasteiger partial charge >= 0.3 is 6.09 Å². The van der Waals surface area contributed by atoms with Crippen LogP contribution in [0.15, 0.2) is 84.9 Å². The first-order chi connectivity index (χ1) is 19.1. The fourth-order valence-corrected chi connectivity index (χ4v) is 5.44. The van der Waals surface area contributed by atoms with Crippen LogP contribution in [-0.4, -0.2) is 42.1 Å². The minimum atomic E-state index is -0.683. The van der Waals surface area contributed by atoms with Gasteiger partial charge in [-0.3, -0.25) is 15.1 Å². The van der Waals surface area contributed by atoms with E-state index in [2.05, 4.69) is 17.4 Å². The lowest BCUT2D eigenvalue weighted by Gasteiger charge is -2.32. The number of aromatic nitrogens is 1. The van der Waals surface area contributed by atoms with Gasteiger partial charge in [0.05, 0.1) is 29.6 Å². The Morgan fingerprint density at radius 3 is 2.23 bits per heavy atom. The van der Waals surface area contributed by atoms with E-state index in [0.717, 1.165) is 45.6 Å². The van der Waals surface area contributed by atoms with Gasteiger partial charge in [0, 0.05) is 29.1 Å². The Kier molecular flexibility index (Phi) is 8.18. The highest BCUT2D eigenvalue weighted by molar-refractivity contribution is 6.10. The van der Waals surface area contributed by atoms with E-state index in [9.17, 15) is 9.59 Å². The monoisotopic (exact) mass is 522 g/mol. The van der Waals surface area contributed by atoms with E-state index in [0.29, 0.717) is 23.8 Å². The van der Waals surface area contributed by atoms with Crippen LogP contribution in [0, 0.1) is 0 Å². The third-order valence-corrected chi connectivity index (χ3v) is 7.46. The first-order valence-corrected chi connectivity index (χ1v) is 13.5. The number of amides is 2. The highest BCUT2D eigenvalue weighted by Crippen LogP contribution is 2.33. The van der Waals surface area contributed by atoms with E-state index in [4.69, 9.17) is 9.72 Å². The molecule has 7 heteroatoms. The van der Waals surface area contributed by atoms with E-state index in [1.54, 1.807) is 24.3 Å². The number of carbonyl (C=O) groups is 2. The number of hydrazine groups is 1. The van der Waals surface area contributed by atoms with Crippen molar-refractivity contribution in [3.63, 3.8) is 0 Å². The van der Waals surface area contributed by atoms with Crippen LogP contribution < -0.4 is 10.4 Å². The Labute approximate surface area is 229 Å². The van der Waals surface area contributed by atoms with E-state index in [-0.39, 0.29) is 0 Å². The smallest absolute Gasteiger partial charge is 0.433 e. The van der Waals surface area contributed by atoms with E-state index in [1.165, 1.54) is 26.4 Å². The molecule has 1 aliphatic rings. The number of carbonyl (C=O) groups excluding carboxylic acids is 2. The molecule has 0 spiro atoms. The Bertz CT molecular complexity index is 1440. The number of hydrogen-bond acceptors (Lipinski definition) is 5. The van der Waals surface area contributed by atoms with Gasteiger partial charge < -0.3 is 4.74 Å². The van der Waals surface area contributed by atoms with Gasteiger partial charge in [0.1, 0.15) is 0 Å². The normalized spacial score (nSPS) is 13.8. The lowest BCUT2D eigenvalue weighted by Crippen LogP contribution is -2.47. The first-order valence-electron chi connectivity index (χ1n) is 13.5. The van der Waals surface area contributed by atoms with Crippen LogP contribution >= 0.6 is 0 Å². The summed E-state index contributed by atoms with van der Waals surface area (Å²) < 4.78 is 5.01. The summed E-state index contributed by atoms with van der Waals surface area (Å²) in [5.74, 6) is -0.396. The third kappa shape index (κ3) is 5.78. The van der Waals surface area contributed by atoms with Crippen LogP contribution in [0.1, 0.15) is 48.0 Å². The Morgan fingerprint density at radius 1 is 0.897 bits per heavy atom. The number of nitrogens with zero attached hydrogens (tertiary/aromatic N) is 3. The van der Waals surface area contributed by atoms with E-state index < -0.39 is 12.0 Å². The lowest BCUT2D eigenvalue weighted by molar-refractivity contribution is 0.0939. The highest BCUT2D eigenvalue weighted by Gasteiger charge is 2.28. The number of nitrogens with one attached hydrogen (secondary N) is 1. The van der Waals surface area contributed by atoms with Crippen molar-refractivity contribution in [2.24, 2.45) is 0 Å². The average molecular weight is 523 g/mol. The molecule has 7 nitrogen and oxygen atoms in total. The van der Waals surface area contributed by atoms with Gasteiger partial charge in [0.25, 0.3) is 5.91 Å². The third-order valence-electron chi connectivity index (χ3n) is 7.46. The second kappa shape index (κ2) is 12.1. The summed E-state index contributed by atoms with van der Waals surface area (Å²) in [6.45, 7) is 0.555. The molecule has 0 atom stereocenters. The molecular weight excluding hydrogens is 488 g/mol. The average Bonchev–Trinajstić information content (AvgIpc) is 3.00. The number of rotatable bonds is 6. The van der Waals surface area contributed by atoms with Gasteiger partial charge in [-0.1, -0.05) is 86.0 Å². The molecule has 0 saturated heterocycles. The Hall–Kier alpha value is -4.23. The largest absolute Gasteiger partial charge is 0.451 e. The minimum absolute atomic E-state index is 0.396. The maximum Gasteiger partial charge on any atom is 0.433 e. The fraction of sp³-hybridized carbons (Fsp3) is 0.281. The zero-order valence-electron chi connectivity index (χ0n) is 22.5. The number of pyridine rings is 1. The number of hydrogen-bond donors (Lipinski definition) is 1. The molecular formula is C32H34N4O3. The summed E-state index contributed by atoms with van der Waals surface area (Å²) in [6.07, 6.45) is 5.31. The van der Waals surface area contributed by atoms with Crippen LogP contribution in [0.25, 0.3) is 22.2 Å². The number of benzene rings is 3. The molecule has 5 rings (SSSR count). The first kappa shape index (κ1) is 26.4. The van der Waals surface area contributed by atoms with Gasteiger partial charge in [-0.2, -0.15) is 5.01 Å². The number of methoxy groups -OCH3 is 1. The summed E-state index contributed by atoms with van der Waals surface area (Å²) in [7, 11) is 3.43. The molecule has 2 amide bonds. The number of para-hydroxylation sites is 2. The van der Waals surface area contributed by atoms with Gasteiger partial charge in [-0.15, -0.1) is 0 Å². The molecule has 1 heterocycles. The van der Waals surface area contributed by atoms with Crippen molar-refractivity contribution in [1.82, 2.24) is 15.3 Å². The zero-order chi connectivity index (χ0) is 27.2. The van der Waals surface area contributed by atoms with Crippen LogP contribution in [0.5, 0.6) is 0 Å². The fourth-order valence-electron chi connectivity index (χ4n) is 5.44. The molecule has 39 heavy (non-hydrogen) atoms. The van der Waals surface area contributed by atoms with Crippen molar-refractivity contribution < 1.29 is 14.3 Å². The standard InChI is InChI=1S/C32H34N4O3/c1-35(24-16-8-4-9-17-24)22-27-29(31(37)34-36(32(38)39-2)25-18-10-5-11-19-25)26-20-12-13-21-28(26)33-30(27)23-14-6-3-7-15-23/h3,5-7,10-15,18-21,24H,4,8-9,16-17,22H2,1-2H3,(H,34,37). The molecule has 1 fully saturated rings. The molecule has 0 radical (unpaired) electrons. The highest BCUT2D eigenvalue weighted by atomic mass is 16.5. The predicted molar refractivity (Wildman–Crippen MR) is 154 cm³/mol. The maximum absolute atomic E-state index is 14.2. The topological polar surface area (TPSA) is 74.8 Å². The van der Waals surface area contributed by atoms with Crippen LogP contribution in [-0.2, 0) is 11.3 Å². The Balaban J connectivity index is 1.65. The zero-order valence-corrected chi connectivity index (χ0v) is 22.5. The molecule has 4 aromatic rings. The van der Waals surface area contributed by atoms with Crippen LogP contribution in [0.2, 0.25) is 0 Å². The molecule has 1 saturated carbocycles. The molecule has 200 valence electrons. The SMILES string of the molecule is COC(=O)N(NC(=O)c1c(CN(C)C2CCCCC2)c(-c2ccccc2)nc2ccccc12)c1ccccc1. The summed E-state index contributed by atoms with van der Waals surface area (Å²) in [4.78, 5) is 34.4. The van der Waals surface area contributed by atoms with Crippen molar-refractivity contribution in [2.75, 3.05) is 19.2 Å². The van der Waals surface area contributed by atoms with E-state index >= 15 is 0 Å². The maximum atomic E-state index is 14.2. The molecule has 1 aliphatic carbocycles.